The smallest absolute Gasteiger partial charge is 0.329 e. The highest BCUT2D eigenvalue weighted by molar-refractivity contribution is 8.00. The van der Waals surface area contributed by atoms with Gasteiger partial charge in [-0.05, 0) is 60.3 Å². The van der Waals surface area contributed by atoms with Crippen LogP contribution < -0.4 is 10.2 Å². The molecule has 154 valence electrons. The summed E-state index contributed by atoms with van der Waals surface area (Å²) in [5.41, 5.74) is -1.92. The number of rotatable bonds is 5. The van der Waals surface area contributed by atoms with Crippen molar-refractivity contribution in [1.29, 1.82) is 0 Å². The van der Waals surface area contributed by atoms with E-state index in [9.17, 15) is 13.2 Å². The lowest BCUT2D eigenvalue weighted by atomic mass is 10.2. The van der Waals surface area contributed by atoms with Crippen molar-refractivity contribution >= 4 is 45.8 Å². The predicted octanol–water partition coefficient (Wildman–Crippen LogP) is 5.49. The molecule has 0 fully saturated rings. The summed E-state index contributed by atoms with van der Waals surface area (Å²) in [7, 11) is 3.76. The lowest BCUT2D eigenvalue weighted by Gasteiger charge is -2.19. The van der Waals surface area contributed by atoms with Crippen molar-refractivity contribution in [1.82, 2.24) is 19.7 Å². The van der Waals surface area contributed by atoms with E-state index in [-0.39, 0.29) is 16.7 Å². The Bertz CT molecular complexity index is 1170. The number of fused-ring (bicyclic) bond motifs is 1. The van der Waals surface area contributed by atoms with Crippen LogP contribution in [0.1, 0.15) is 0 Å². The third-order valence-corrected chi connectivity index (χ3v) is 5.06. The van der Waals surface area contributed by atoms with Gasteiger partial charge in [0.2, 0.25) is 5.95 Å². The van der Waals surface area contributed by atoms with Gasteiger partial charge < -0.3 is 10.2 Å². The van der Waals surface area contributed by atoms with Gasteiger partial charge in [-0.15, -0.1) is 0 Å². The molecule has 0 spiro atoms. The monoisotopic (exact) mass is 430 g/mol. The summed E-state index contributed by atoms with van der Waals surface area (Å²) in [6, 6.07) is 13.6. The van der Waals surface area contributed by atoms with Gasteiger partial charge in [0.25, 0.3) is 0 Å². The maximum Gasteiger partial charge on any atom is 0.446 e. The zero-order valence-corrected chi connectivity index (χ0v) is 16.9. The van der Waals surface area contributed by atoms with E-state index in [0.29, 0.717) is 17.5 Å². The van der Waals surface area contributed by atoms with Gasteiger partial charge in [0.15, 0.2) is 0 Å². The Kier molecular flexibility index (Phi) is 5.25. The minimum atomic E-state index is -4.31. The second-order valence-corrected chi connectivity index (χ2v) is 7.68. The third kappa shape index (κ3) is 4.65. The molecule has 0 radical (unpaired) electrons. The Hall–Kier alpha value is -3.27. The summed E-state index contributed by atoms with van der Waals surface area (Å²) in [6.07, 6.45) is 3.57. The van der Waals surface area contributed by atoms with E-state index < -0.39 is 5.51 Å². The number of halogens is 3. The number of hydrogen-bond donors (Lipinski definition) is 1. The van der Waals surface area contributed by atoms with Crippen LogP contribution in [-0.4, -0.2) is 32.3 Å². The molecule has 0 aliphatic rings. The zero-order chi connectivity index (χ0) is 21.3. The number of anilines is 4. The first-order chi connectivity index (χ1) is 14.3. The fourth-order valence-electron chi connectivity index (χ4n) is 2.93. The van der Waals surface area contributed by atoms with Crippen LogP contribution in [0, 0.1) is 0 Å². The minimum Gasteiger partial charge on any atom is -0.329 e. The first-order valence-corrected chi connectivity index (χ1v) is 9.71. The van der Waals surface area contributed by atoms with Crippen molar-refractivity contribution in [3.05, 3.63) is 60.9 Å². The van der Waals surface area contributed by atoms with Crippen LogP contribution in [0.4, 0.5) is 36.3 Å². The largest absolute Gasteiger partial charge is 0.446 e. The lowest BCUT2D eigenvalue weighted by Crippen LogP contribution is -2.12. The highest BCUT2D eigenvalue weighted by Crippen LogP contribution is 2.37. The number of nitrogens with one attached hydrogen (secondary N) is 1. The van der Waals surface area contributed by atoms with E-state index >= 15 is 0 Å². The molecule has 0 aliphatic carbocycles. The molecule has 0 saturated carbocycles. The second kappa shape index (κ2) is 7.86. The standard InChI is InChI=1S/C20H17F3N6S/c1-28-12-13-3-6-15(11-17(13)27-28)29(2)18-9-10-24-19(26-18)25-14-4-7-16(8-5-14)30-20(21,22)23/h3-12H,1-2H3,(H,24,25,26). The van der Waals surface area contributed by atoms with Crippen LogP contribution in [-0.2, 0) is 7.05 Å². The van der Waals surface area contributed by atoms with Crippen molar-refractivity contribution in [2.24, 2.45) is 7.05 Å². The highest BCUT2D eigenvalue weighted by Gasteiger charge is 2.29. The van der Waals surface area contributed by atoms with Crippen LogP contribution in [0.25, 0.3) is 10.9 Å². The average molecular weight is 430 g/mol. The topological polar surface area (TPSA) is 58.9 Å². The van der Waals surface area contributed by atoms with Gasteiger partial charge in [0.1, 0.15) is 5.82 Å². The van der Waals surface area contributed by atoms with E-state index in [1.807, 2.05) is 43.4 Å². The van der Waals surface area contributed by atoms with Gasteiger partial charge in [0.05, 0.1) is 5.52 Å². The summed E-state index contributed by atoms with van der Waals surface area (Å²) in [4.78, 5) is 10.7. The van der Waals surface area contributed by atoms with Crippen LogP contribution in [0.3, 0.4) is 0 Å². The number of aromatic nitrogens is 4. The van der Waals surface area contributed by atoms with E-state index in [1.165, 1.54) is 12.1 Å². The molecule has 4 rings (SSSR count). The van der Waals surface area contributed by atoms with Crippen LogP contribution in [0.5, 0.6) is 0 Å². The first kappa shape index (κ1) is 20.0. The van der Waals surface area contributed by atoms with Gasteiger partial charge in [-0.2, -0.15) is 23.3 Å². The molecule has 2 aromatic heterocycles. The molecule has 1 N–H and O–H groups in total. The fourth-order valence-corrected chi connectivity index (χ4v) is 3.47. The summed E-state index contributed by atoms with van der Waals surface area (Å²) in [5.74, 6) is 1.00. The van der Waals surface area contributed by atoms with Crippen molar-refractivity contribution < 1.29 is 13.2 Å². The van der Waals surface area contributed by atoms with Gasteiger partial charge in [-0.25, -0.2) is 4.98 Å². The number of hydrogen-bond acceptors (Lipinski definition) is 6. The molecule has 30 heavy (non-hydrogen) atoms. The van der Waals surface area contributed by atoms with Crippen molar-refractivity contribution in [2.45, 2.75) is 10.4 Å². The van der Waals surface area contributed by atoms with Gasteiger partial charge >= 0.3 is 5.51 Å². The molecule has 0 amide bonds. The first-order valence-electron chi connectivity index (χ1n) is 8.90. The summed E-state index contributed by atoms with van der Waals surface area (Å²) < 4.78 is 39.1. The maximum absolute atomic E-state index is 12.5. The van der Waals surface area contributed by atoms with E-state index in [0.717, 1.165) is 16.6 Å². The molecule has 10 heteroatoms. The number of aryl methyl sites for hydroxylation is 1. The van der Waals surface area contributed by atoms with Crippen molar-refractivity contribution in [3.8, 4) is 0 Å². The Labute approximate surface area is 174 Å². The number of benzene rings is 2. The van der Waals surface area contributed by atoms with E-state index in [2.05, 4.69) is 20.4 Å². The Balaban J connectivity index is 1.51. The fraction of sp³-hybridized carbons (Fsp3) is 0.150. The number of thioether (sulfide) groups is 1. The lowest BCUT2D eigenvalue weighted by molar-refractivity contribution is -0.0328. The Morgan fingerprint density at radius 3 is 2.57 bits per heavy atom. The minimum absolute atomic E-state index is 0.118. The van der Waals surface area contributed by atoms with Crippen LogP contribution in [0.15, 0.2) is 65.8 Å². The van der Waals surface area contributed by atoms with Crippen molar-refractivity contribution in [3.63, 3.8) is 0 Å². The molecule has 0 saturated heterocycles. The van der Waals surface area contributed by atoms with Gasteiger partial charge in [-0.1, -0.05) is 0 Å². The number of nitrogens with zero attached hydrogens (tertiary/aromatic N) is 5. The van der Waals surface area contributed by atoms with Crippen molar-refractivity contribution in [2.75, 3.05) is 17.3 Å². The zero-order valence-electron chi connectivity index (χ0n) is 16.1. The summed E-state index contributed by atoms with van der Waals surface area (Å²) >= 11 is -0.150. The van der Waals surface area contributed by atoms with E-state index in [4.69, 9.17) is 0 Å². The molecular weight excluding hydrogens is 413 g/mol. The molecule has 0 aliphatic heterocycles. The molecule has 0 unspecified atom stereocenters. The maximum atomic E-state index is 12.5. The molecule has 4 aromatic rings. The number of alkyl halides is 3. The van der Waals surface area contributed by atoms with Crippen LogP contribution >= 0.6 is 11.8 Å². The third-order valence-electron chi connectivity index (χ3n) is 4.32. The Morgan fingerprint density at radius 1 is 1.07 bits per heavy atom. The van der Waals surface area contributed by atoms with E-state index in [1.54, 1.807) is 29.1 Å². The Morgan fingerprint density at radius 2 is 1.83 bits per heavy atom. The van der Waals surface area contributed by atoms with Gasteiger partial charge in [-0.3, -0.25) is 4.68 Å². The molecule has 6 nitrogen and oxygen atoms in total. The quantitative estimate of drug-likeness (QED) is 0.423. The molecule has 2 aromatic carbocycles. The second-order valence-electron chi connectivity index (χ2n) is 6.54. The summed E-state index contributed by atoms with van der Waals surface area (Å²) in [6.45, 7) is 0. The summed E-state index contributed by atoms with van der Waals surface area (Å²) in [5, 5.41) is 8.49. The predicted molar refractivity (Wildman–Crippen MR) is 112 cm³/mol. The van der Waals surface area contributed by atoms with Crippen LogP contribution in [0.2, 0.25) is 0 Å². The molecule has 0 bridgehead atoms. The molecule has 0 atom stereocenters. The SMILES string of the molecule is CN(c1ccc2cn(C)nc2c1)c1ccnc(Nc2ccc(SC(F)(F)F)cc2)n1. The highest BCUT2D eigenvalue weighted by atomic mass is 32.2. The normalized spacial score (nSPS) is 11.6. The molecular formula is C20H17F3N6S. The average Bonchev–Trinajstić information content (AvgIpc) is 3.07. The van der Waals surface area contributed by atoms with Gasteiger partial charge in [0, 0.05) is 48.1 Å². The molecule has 2 heterocycles.